The zero-order chi connectivity index (χ0) is 27.0. The van der Waals surface area contributed by atoms with Crippen molar-refractivity contribution < 1.29 is 20.8 Å². The number of aryl methyl sites for hydroxylation is 3. The Morgan fingerprint density at radius 2 is 1.84 bits per heavy atom. The molecule has 0 saturated carbocycles. The first-order valence-corrected chi connectivity index (χ1v) is 13.6. The number of pyridine rings is 2. The highest BCUT2D eigenvalue weighted by atomic mass is 32.2. The zero-order valence-corrected chi connectivity index (χ0v) is 22.5. The van der Waals surface area contributed by atoms with E-state index in [1.165, 1.54) is 18.3 Å². The van der Waals surface area contributed by atoms with E-state index in [0.717, 1.165) is 47.6 Å². The first kappa shape index (κ1) is 26.3. The van der Waals surface area contributed by atoms with Crippen LogP contribution in [0.25, 0.3) is 5.57 Å². The highest BCUT2D eigenvalue weighted by Crippen LogP contribution is 2.38. The van der Waals surface area contributed by atoms with Crippen molar-refractivity contribution in [2.45, 2.75) is 58.8 Å². The van der Waals surface area contributed by atoms with Crippen LogP contribution in [0.15, 0.2) is 58.4 Å². The highest BCUT2D eigenvalue weighted by Gasteiger charge is 2.27. The largest absolute Gasteiger partial charge is 0.438 e. The lowest BCUT2D eigenvalue weighted by molar-refractivity contribution is 0.0978. The van der Waals surface area contributed by atoms with E-state index in [-0.39, 0.29) is 19.7 Å². The number of carbonyl (C=O) groups is 1. The van der Waals surface area contributed by atoms with Gasteiger partial charge in [-0.15, -0.1) is 0 Å². The van der Waals surface area contributed by atoms with Gasteiger partial charge in [-0.1, -0.05) is 37.6 Å². The Balaban J connectivity index is 0.00000267. The number of hydrogen-bond acceptors (Lipinski definition) is 6. The second-order valence-corrected chi connectivity index (χ2v) is 11.9. The smallest absolute Gasteiger partial charge is 0.270 e. The van der Waals surface area contributed by atoms with Crippen molar-refractivity contribution in [2.24, 2.45) is 5.41 Å². The number of H-pyrrole nitrogens is 1. The summed E-state index contributed by atoms with van der Waals surface area (Å²) in [6, 6.07) is 9.63. The second kappa shape index (κ2) is 9.97. The minimum absolute atomic E-state index is 0. The van der Waals surface area contributed by atoms with Crippen LogP contribution in [0, 0.1) is 26.2 Å². The summed E-state index contributed by atoms with van der Waals surface area (Å²) in [5.41, 5.74) is 3.83. The zero-order valence-electron chi connectivity index (χ0n) is 21.6. The Morgan fingerprint density at radius 3 is 2.46 bits per heavy atom. The average Bonchev–Trinajstić information content (AvgIpc) is 2.81. The fourth-order valence-electron chi connectivity index (χ4n) is 4.45. The molecular formula is C28H35N3O5S. The Hall–Kier alpha value is -3.72. The molecular weight excluding hydrogens is 490 g/mol. The first-order valence-electron chi connectivity index (χ1n) is 12.1. The number of benzene rings is 1. The molecule has 2 aromatic heterocycles. The Bertz CT molecular complexity index is 1560. The van der Waals surface area contributed by atoms with Gasteiger partial charge in [-0.25, -0.2) is 18.1 Å². The number of hydrogen-bond donors (Lipinski definition) is 2. The minimum Gasteiger partial charge on any atom is -0.438 e. The summed E-state index contributed by atoms with van der Waals surface area (Å²) in [6.07, 6.45) is 6.20. The predicted octanol–water partition coefficient (Wildman–Crippen LogP) is 5.69. The van der Waals surface area contributed by atoms with Crippen LogP contribution in [0.5, 0.6) is 11.6 Å². The maximum absolute atomic E-state index is 13.2. The summed E-state index contributed by atoms with van der Waals surface area (Å²) in [4.78, 5) is 31.7. The van der Waals surface area contributed by atoms with Gasteiger partial charge in [0.25, 0.3) is 21.5 Å². The van der Waals surface area contributed by atoms with E-state index in [1.807, 2.05) is 37.6 Å². The molecule has 9 heteroatoms. The number of aromatic amines is 1. The molecule has 1 amide bonds. The molecule has 0 saturated heterocycles. The second-order valence-electron chi connectivity index (χ2n) is 10.3. The third-order valence-electron chi connectivity index (χ3n) is 6.51. The number of carbonyl (C=O) groups excluding carboxylic acids is 1. The van der Waals surface area contributed by atoms with Crippen molar-refractivity contribution in [1.82, 2.24) is 14.7 Å². The molecule has 0 atom stereocenters. The SMILES string of the molecule is Cc1cc(C)c(Oc2nc(C3=CCC(C)(C)CC3)ccc2C(=O)NS(=O)(=O)c2ccc[nH]c2=O)c(C)c1.[HH].[HH]. The molecule has 0 radical (unpaired) electrons. The third-order valence-corrected chi connectivity index (χ3v) is 7.86. The maximum atomic E-state index is 13.2. The number of ether oxygens (including phenoxy) is 1. The molecule has 4 rings (SSSR count). The molecule has 1 aromatic carbocycles. The van der Waals surface area contributed by atoms with Gasteiger partial charge < -0.3 is 9.72 Å². The quantitative estimate of drug-likeness (QED) is 0.427. The van der Waals surface area contributed by atoms with Crippen molar-refractivity contribution in [3.8, 4) is 11.6 Å². The van der Waals surface area contributed by atoms with Crippen LogP contribution >= 0.6 is 0 Å². The molecule has 0 unspecified atom stereocenters. The third kappa shape index (κ3) is 5.83. The van der Waals surface area contributed by atoms with Crippen molar-refractivity contribution >= 4 is 21.5 Å². The predicted molar refractivity (Wildman–Crippen MR) is 147 cm³/mol. The highest BCUT2D eigenvalue weighted by molar-refractivity contribution is 7.90. The molecule has 1 aliphatic carbocycles. The van der Waals surface area contributed by atoms with Crippen LogP contribution in [0.3, 0.4) is 0 Å². The number of sulfonamides is 1. The lowest BCUT2D eigenvalue weighted by Crippen LogP contribution is -2.34. The summed E-state index contributed by atoms with van der Waals surface area (Å²) in [5, 5.41) is 0. The van der Waals surface area contributed by atoms with Gasteiger partial charge in [-0.05, 0) is 86.4 Å². The molecule has 37 heavy (non-hydrogen) atoms. The Labute approximate surface area is 219 Å². The van der Waals surface area contributed by atoms with E-state index >= 15 is 0 Å². The van der Waals surface area contributed by atoms with E-state index in [2.05, 4.69) is 29.9 Å². The first-order chi connectivity index (χ1) is 17.4. The normalized spacial score (nSPS) is 15.1. The van der Waals surface area contributed by atoms with Crippen LogP contribution in [-0.2, 0) is 10.0 Å². The molecule has 1 aliphatic rings. The number of nitrogens with one attached hydrogen (secondary N) is 2. The monoisotopic (exact) mass is 525 g/mol. The van der Waals surface area contributed by atoms with Gasteiger partial charge in [0.1, 0.15) is 11.3 Å². The van der Waals surface area contributed by atoms with Gasteiger partial charge in [0.15, 0.2) is 4.90 Å². The summed E-state index contributed by atoms with van der Waals surface area (Å²) in [5.74, 6) is -0.406. The average molecular weight is 526 g/mol. The molecule has 0 spiro atoms. The maximum Gasteiger partial charge on any atom is 0.270 e. The van der Waals surface area contributed by atoms with Crippen molar-refractivity contribution in [2.75, 3.05) is 0 Å². The van der Waals surface area contributed by atoms with Crippen LogP contribution in [0.4, 0.5) is 0 Å². The van der Waals surface area contributed by atoms with Crippen LogP contribution in [-0.4, -0.2) is 24.3 Å². The number of rotatable bonds is 6. The molecule has 8 nitrogen and oxygen atoms in total. The summed E-state index contributed by atoms with van der Waals surface area (Å²) < 4.78 is 33.8. The lowest BCUT2D eigenvalue weighted by atomic mass is 9.78. The van der Waals surface area contributed by atoms with Crippen molar-refractivity contribution in [3.05, 3.63) is 87.0 Å². The van der Waals surface area contributed by atoms with Crippen molar-refractivity contribution in [3.63, 3.8) is 0 Å². The molecule has 0 bridgehead atoms. The van der Waals surface area contributed by atoms with Crippen LogP contribution in [0.2, 0.25) is 0 Å². The number of aromatic nitrogens is 2. The van der Waals surface area contributed by atoms with Crippen molar-refractivity contribution in [1.29, 1.82) is 0 Å². The van der Waals surface area contributed by atoms with Crippen LogP contribution < -0.4 is 15.0 Å². The summed E-state index contributed by atoms with van der Waals surface area (Å²) in [6.45, 7) is 10.2. The minimum atomic E-state index is -4.43. The van der Waals surface area contributed by atoms with Gasteiger partial charge in [-0.2, -0.15) is 0 Å². The van der Waals surface area contributed by atoms with E-state index in [1.54, 1.807) is 6.07 Å². The van der Waals surface area contributed by atoms with Gasteiger partial charge in [0.2, 0.25) is 5.88 Å². The molecule has 2 heterocycles. The molecule has 3 aromatic rings. The van der Waals surface area contributed by atoms with Gasteiger partial charge in [0, 0.05) is 9.05 Å². The standard InChI is InChI=1S/C28H31N3O5S.2H2/c1-17-15-18(2)24(19(3)16-17)36-27-21(8-9-22(30-27)20-10-12-28(4,5)13-11-20)25(32)31-37(34,35)23-7-6-14-29-26(23)33;;/h6-10,14-16H,11-13H2,1-5H3,(H,29,33)(H,31,32);2*1H. The Morgan fingerprint density at radius 1 is 1.14 bits per heavy atom. The fourth-order valence-corrected chi connectivity index (χ4v) is 5.48. The Kier molecular flexibility index (Phi) is 7.10. The molecule has 198 valence electrons. The van der Waals surface area contributed by atoms with E-state index in [4.69, 9.17) is 4.74 Å². The number of amides is 1. The van der Waals surface area contributed by atoms with Gasteiger partial charge in [-0.3, -0.25) is 9.59 Å². The van der Waals surface area contributed by atoms with E-state index < -0.39 is 26.4 Å². The number of nitrogens with zero attached hydrogens (tertiary/aromatic N) is 1. The molecule has 0 aliphatic heterocycles. The summed E-state index contributed by atoms with van der Waals surface area (Å²) >= 11 is 0. The molecule has 0 fully saturated rings. The van der Waals surface area contributed by atoms with Gasteiger partial charge in [0.05, 0.1) is 5.69 Å². The molecule has 2 N–H and O–H groups in total. The lowest BCUT2D eigenvalue weighted by Gasteiger charge is -2.28. The van der Waals surface area contributed by atoms with E-state index in [0.29, 0.717) is 11.4 Å². The van der Waals surface area contributed by atoms with Gasteiger partial charge >= 0.3 is 0 Å². The fraction of sp³-hybridized carbons (Fsp3) is 0.321. The topological polar surface area (TPSA) is 118 Å². The van der Waals surface area contributed by atoms with E-state index in [9.17, 15) is 18.0 Å². The van der Waals surface area contributed by atoms with Crippen LogP contribution in [0.1, 0.15) is 68.7 Å². The number of allylic oxidation sites excluding steroid dienone is 2. The summed E-state index contributed by atoms with van der Waals surface area (Å²) in [7, 11) is -4.43.